The van der Waals surface area contributed by atoms with Gasteiger partial charge in [-0.3, -0.25) is 4.72 Å². The Morgan fingerprint density at radius 3 is 2.65 bits per heavy atom. The molecule has 0 unspecified atom stereocenters. The number of anilines is 1. The number of benzene rings is 1. The van der Waals surface area contributed by atoms with Crippen molar-refractivity contribution in [2.75, 3.05) is 11.8 Å². The summed E-state index contributed by atoms with van der Waals surface area (Å²) in [4.78, 5) is 0.934. The molecule has 0 atom stereocenters. The molecule has 2 aromatic rings. The first-order valence-corrected chi connectivity index (χ1v) is 8.24. The van der Waals surface area contributed by atoms with Crippen molar-refractivity contribution >= 4 is 27.0 Å². The molecule has 7 heteroatoms. The highest BCUT2D eigenvalue weighted by Gasteiger charge is 2.17. The van der Waals surface area contributed by atoms with Crippen LogP contribution in [0.4, 0.5) is 10.1 Å². The van der Waals surface area contributed by atoms with Gasteiger partial charge in [0.2, 0.25) is 0 Å². The maximum atomic E-state index is 13.0. The fraction of sp³-hybridized carbons (Fsp3) is 0.231. The average Bonchev–Trinajstić information content (AvgIpc) is 2.83. The number of thiophene rings is 1. The van der Waals surface area contributed by atoms with Crippen molar-refractivity contribution in [3.05, 3.63) is 46.6 Å². The second kappa shape index (κ2) is 5.90. The van der Waals surface area contributed by atoms with E-state index in [0.717, 1.165) is 4.88 Å². The van der Waals surface area contributed by atoms with Crippen LogP contribution in [0, 0.1) is 12.7 Å². The van der Waals surface area contributed by atoms with Gasteiger partial charge in [0.1, 0.15) is 10.0 Å². The van der Waals surface area contributed by atoms with Crippen LogP contribution in [0.25, 0.3) is 0 Å². The lowest BCUT2D eigenvalue weighted by atomic mass is 10.2. The third-order valence-corrected chi connectivity index (χ3v) is 5.63. The lowest BCUT2D eigenvalue weighted by Crippen LogP contribution is -2.12. The Hall–Kier alpha value is -1.44. The van der Waals surface area contributed by atoms with Gasteiger partial charge in [-0.1, -0.05) is 0 Å². The van der Waals surface area contributed by atoms with E-state index < -0.39 is 15.8 Å². The first-order valence-electron chi connectivity index (χ1n) is 5.94. The number of hydrogen-bond acceptors (Lipinski definition) is 4. The number of sulfonamides is 1. The lowest BCUT2D eigenvalue weighted by Gasteiger charge is -2.09. The van der Waals surface area contributed by atoms with Crippen molar-refractivity contribution in [3.63, 3.8) is 0 Å². The van der Waals surface area contributed by atoms with Gasteiger partial charge in [0.05, 0.1) is 5.69 Å². The van der Waals surface area contributed by atoms with Gasteiger partial charge in [0.25, 0.3) is 10.0 Å². The molecule has 108 valence electrons. The number of rotatable bonds is 5. The van der Waals surface area contributed by atoms with E-state index in [0.29, 0.717) is 17.8 Å². The van der Waals surface area contributed by atoms with Gasteiger partial charge in [-0.15, -0.1) is 11.3 Å². The number of nitrogens with one attached hydrogen (secondary N) is 2. The number of halogens is 1. The smallest absolute Gasteiger partial charge is 0.271 e. The van der Waals surface area contributed by atoms with Gasteiger partial charge in [0, 0.05) is 11.4 Å². The van der Waals surface area contributed by atoms with Crippen LogP contribution in [-0.4, -0.2) is 15.5 Å². The van der Waals surface area contributed by atoms with Crippen LogP contribution in [-0.2, 0) is 16.6 Å². The van der Waals surface area contributed by atoms with E-state index in [4.69, 9.17) is 0 Å². The molecule has 0 aliphatic carbocycles. The van der Waals surface area contributed by atoms with Crippen LogP contribution in [0.15, 0.2) is 34.5 Å². The van der Waals surface area contributed by atoms with E-state index in [1.54, 1.807) is 26.1 Å². The number of aryl methyl sites for hydroxylation is 1. The molecule has 0 saturated carbocycles. The van der Waals surface area contributed by atoms with Gasteiger partial charge in [-0.25, -0.2) is 12.8 Å². The van der Waals surface area contributed by atoms with Gasteiger partial charge in [-0.05, 0) is 49.9 Å². The highest BCUT2D eigenvalue weighted by molar-refractivity contribution is 7.94. The first-order chi connectivity index (χ1) is 9.42. The molecule has 0 fully saturated rings. The Bertz CT molecular complexity index is 711. The van der Waals surface area contributed by atoms with Gasteiger partial charge in [-0.2, -0.15) is 0 Å². The molecule has 2 rings (SSSR count). The Balaban J connectivity index is 2.26. The first kappa shape index (κ1) is 15.0. The van der Waals surface area contributed by atoms with Gasteiger partial charge >= 0.3 is 0 Å². The summed E-state index contributed by atoms with van der Waals surface area (Å²) in [6.45, 7) is 2.28. The van der Waals surface area contributed by atoms with Crippen molar-refractivity contribution in [3.8, 4) is 0 Å². The van der Waals surface area contributed by atoms with E-state index in [-0.39, 0.29) is 4.21 Å². The van der Waals surface area contributed by atoms with Crippen molar-refractivity contribution < 1.29 is 12.8 Å². The van der Waals surface area contributed by atoms with E-state index >= 15 is 0 Å². The highest BCUT2D eigenvalue weighted by Crippen LogP contribution is 2.25. The topological polar surface area (TPSA) is 58.2 Å². The second-order valence-electron chi connectivity index (χ2n) is 4.32. The minimum Gasteiger partial charge on any atom is -0.315 e. The summed E-state index contributed by atoms with van der Waals surface area (Å²) >= 11 is 1.21. The predicted octanol–water partition coefficient (Wildman–Crippen LogP) is 2.72. The second-order valence-corrected chi connectivity index (χ2v) is 7.39. The molecule has 0 saturated heterocycles. The minimum absolute atomic E-state index is 0.242. The fourth-order valence-corrected chi connectivity index (χ4v) is 4.21. The molecule has 1 aromatic heterocycles. The molecule has 1 heterocycles. The summed E-state index contributed by atoms with van der Waals surface area (Å²) in [6, 6.07) is 7.28. The van der Waals surface area contributed by atoms with Crippen LogP contribution in [0.3, 0.4) is 0 Å². The standard InChI is InChI=1S/C13H15FN2O2S2/c1-9-7-10(14)3-5-12(9)16-20(17,18)13-6-4-11(19-13)8-15-2/h3-7,15-16H,8H2,1-2H3. The van der Waals surface area contributed by atoms with E-state index in [1.165, 1.54) is 29.5 Å². The zero-order chi connectivity index (χ0) is 14.8. The number of hydrogen-bond donors (Lipinski definition) is 2. The molecule has 4 nitrogen and oxygen atoms in total. The Morgan fingerprint density at radius 2 is 2.00 bits per heavy atom. The summed E-state index contributed by atoms with van der Waals surface area (Å²) < 4.78 is 40.2. The molecular formula is C13H15FN2O2S2. The van der Waals surface area contributed by atoms with Crippen LogP contribution >= 0.6 is 11.3 Å². The summed E-state index contributed by atoms with van der Waals surface area (Å²) in [7, 11) is -1.83. The van der Waals surface area contributed by atoms with Gasteiger partial charge in [0.15, 0.2) is 0 Å². The van der Waals surface area contributed by atoms with Crippen LogP contribution < -0.4 is 10.0 Å². The summed E-state index contributed by atoms with van der Waals surface area (Å²) in [5, 5.41) is 2.97. The normalized spacial score (nSPS) is 11.6. The molecule has 0 aliphatic heterocycles. The molecule has 0 spiro atoms. The third-order valence-electron chi connectivity index (χ3n) is 2.69. The van der Waals surface area contributed by atoms with E-state index in [9.17, 15) is 12.8 Å². The third kappa shape index (κ3) is 3.36. The lowest BCUT2D eigenvalue weighted by molar-refractivity contribution is 0.602. The SMILES string of the molecule is CNCc1ccc(S(=O)(=O)Nc2ccc(F)cc2C)s1. The highest BCUT2D eigenvalue weighted by atomic mass is 32.2. The molecule has 2 N–H and O–H groups in total. The maximum absolute atomic E-state index is 13.0. The summed E-state index contributed by atoms with van der Waals surface area (Å²) in [6.07, 6.45) is 0. The zero-order valence-electron chi connectivity index (χ0n) is 11.1. The predicted molar refractivity (Wildman–Crippen MR) is 79.0 cm³/mol. The molecule has 0 bridgehead atoms. The average molecular weight is 314 g/mol. The molecule has 1 aromatic carbocycles. The maximum Gasteiger partial charge on any atom is 0.271 e. The molecular weight excluding hydrogens is 299 g/mol. The van der Waals surface area contributed by atoms with Crippen LogP contribution in [0.5, 0.6) is 0 Å². The Morgan fingerprint density at radius 1 is 1.25 bits per heavy atom. The molecule has 20 heavy (non-hydrogen) atoms. The van der Waals surface area contributed by atoms with E-state index in [1.807, 2.05) is 0 Å². The van der Waals surface area contributed by atoms with Crippen molar-refractivity contribution in [2.45, 2.75) is 17.7 Å². The Labute approximate surface area is 121 Å². The summed E-state index contributed by atoms with van der Waals surface area (Å²) in [5.74, 6) is -0.391. The van der Waals surface area contributed by atoms with Crippen LogP contribution in [0.2, 0.25) is 0 Å². The van der Waals surface area contributed by atoms with Crippen molar-refractivity contribution in [1.82, 2.24) is 5.32 Å². The van der Waals surface area contributed by atoms with Crippen LogP contribution in [0.1, 0.15) is 10.4 Å². The quantitative estimate of drug-likeness (QED) is 0.892. The molecule has 0 amide bonds. The largest absolute Gasteiger partial charge is 0.315 e. The van der Waals surface area contributed by atoms with Crippen molar-refractivity contribution in [2.24, 2.45) is 0 Å². The summed E-state index contributed by atoms with van der Waals surface area (Å²) in [5.41, 5.74) is 0.926. The Kier molecular flexibility index (Phi) is 4.42. The molecule has 0 aliphatic rings. The molecule has 0 radical (unpaired) electrons. The van der Waals surface area contributed by atoms with E-state index in [2.05, 4.69) is 10.0 Å². The fourth-order valence-electron chi connectivity index (χ4n) is 1.71. The van der Waals surface area contributed by atoms with Gasteiger partial charge < -0.3 is 5.32 Å². The minimum atomic E-state index is -3.63. The monoisotopic (exact) mass is 314 g/mol. The van der Waals surface area contributed by atoms with Crippen molar-refractivity contribution in [1.29, 1.82) is 0 Å². The zero-order valence-corrected chi connectivity index (χ0v) is 12.7.